The van der Waals surface area contributed by atoms with Crippen LogP contribution in [0.15, 0.2) is 16.6 Å². The molecule has 6 nitrogen and oxygen atoms in total. The Bertz CT molecular complexity index is 570. The van der Waals surface area contributed by atoms with Gasteiger partial charge in [0.15, 0.2) is 5.96 Å². The van der Waals surface area contributed by atoms with Gasteiger partial charge in [-0.2, -0.15) is 0 Å². The van der Waals surface area contributed by atoms with E-state index in [9.17, 15) is 8.42 Å². The third-order valence-electron chi connectivity index (χ3n) is 5.02. The lowest BCUT2D eigenvalue weighted by atomic mass is 9.97. The summed E-state index contributed by atoms with van der Waals surface area (Å²) >= 11 is 0. The van der Waals surface area contributed by atoms with Crippen LogP contribution in [0.1, 0.15) is 51.9 Å². The Kier molecular flexibility index (Phi) is 11.1. The van der Waals surface area contributed by atoms with Gasteiger partial charge in [-0.05, 0) is 57.8 Å². The molecule has 2 aliphatic rings. The number of nitrogens with zero attached hydrogens (tertiary/aromatic N) is 2. The maximum atomic E-state index is 11.6. The van der Waals surface area contributed by atoms with Gasteiger partial charge in [0.1, 0.15) is 0 Å². The number of guanidine groups is 1. The number of hydrogen-bond acceptors (Lipinski definition) is 3. The Labute approximate surface area is 176 Å². The number of rotatable bonds is 7. The van der Waals surface area contributed by atoms with Crippen LogP contribution in [0.2, 0.25) is 0 Å². The molecule has 1 fully saturated rings. The predicted octanol–water partition coefficient (Wildman–Crippen LogP) is 2.72. The first-order valence-electron chi connectivity index (χ1n) is 9.64. The van der Waals surface area contributed by atoms with Crippen molar-refractivity contribution >= 4 is 40.0 Å². The summed E-state index contributed by atoms with van der Waals surface area (Å²) in [5, 5.41) is 6.74. The first-order valence-corrected chi connectivity index (χ1v) is 11.5. The fourth-order valence-corrected chi connectivity index (χ4v) is 4.33. The van der Waals surface area contributed by atoms with Gasteiger partial charge in [0, 0.05) is 32.7 Å². The summed E-state index contributed by atoms with van der Waals surface area (Å²) < 4.78 is 24.7. The number of aliphatic imine (C=N–C) groups is 1. The lowest BCUT2D eigenvalue weighted by Gasteiger charge is -2.29. The van der Waals surface area contributed by atoms with Gasteiger partial charge in [-0.25, -0.2) is 12.7 Å². The van der Waals surface area contributed by atoms with Gasteiger partial charge in [0.25, 0.3) is 0 Å². The highest BCUT2D eigenvalue weighted by Crippen LogP contribution is 2.20. The zero-order valence-electron chi connectivity index (χ0n) is 16.2. The highest BCUT2D eigenvalue weighted by Gasteiger charge is 2.24. The van der Waals surface area contributed by atoms with Crippen LogP contribution in [0, 0.1) is 5.92 Å². The van der Waals surface area contributed by atoms with Crippen molar-refractivity contribution in [1.29, 1.82) is 0 Å². The molecular weight excluding hydrogens is 463 g/mol. The lowest BCUT2D eigenvalue weighted by Crippen LogP contribution is -2.40. The SMILES string of the molecule is CCNC(=NCC1CCN(S(C)(=O)=O)CC1)NCCC1=CCCCC1.I. The van der Waals surface area contributed by atoms with Crippen molar-refractivity contribution in [3.05, 3.63) is 11.6 Å². The average Bonchev–Trinajstić information content (AvgIpc) is 2.60. The van der Waals surface area contributed by atoms with Crippen LogP contribution in [0.3, 0.4) is 0 Å². The van der Waals surface area contributed by atoms with Crippen molar-refractivity contribution in [2.45, 2.75) is 51.9 Å². The molecule has 0 saturated carbocycles. The number of sulfonamides is 1. The molecule has 1 aliphatic heterocycles. The Morgan fingerprint density at radius 2 is 2.00 bits per heavy atom. The summed E-state index contributed by atoms with van der Waals surface area (Å²) in [6.45, 7) is 5.85. The zero-order chi connectivity index (χ0) is 18.1. The molecule has 26 heavy (non-hydrogen) atoms. The van der Waals surface area contributed by atoms with Crippen molar-refractivity contribution in [1.82, 2.24) is 14.9 Å². The molecular formula is C18H35IN4O2S. The van der Waals surface area contributed by atoms with Gasteiger partial charge < -0.3 is 10.6 Å². The van der Waals surface area contributed by atoms with E-state index in [-0.39, 0.29) is 24.0 Å². The van der Waals surface area contributed by atoms with E-state index < -0.39 is 10.0 Å². The fraction of sp³-hybridized carbons (Fsp3) is 0.833. The molecule has 0 atom stereocenters. The van der Waals surface area contributed by atoms with E-state index in [1.165, 1.54) is 31.9 Å². The second-order valence-electron chi connectivity index (χ2n) is 7.11. The summed E-state index contributed by atoms with van der Waals surface area (Å²) in [6, 6.07) is 0. The molecule has 1 aliphatic carbocycles. The summed E-state index contributed by atoms with van der Waals surface area (Å²) in [7, 11) is -3.04. The minimum atomic E-state index is -3.04. The summed E-state index contributed by atoms with van der Waals surface area (Å²) in [5.74, 6) is 1.35. The maximum absolute atomic E-state index is 11.6. The highest BCUT2D eigenvalue weighted by atomic mass is 127. The van der Waals surface area contributed by atoms with Gasteiger partial charge in [-0.1, -0.05) is 11.6 Å². The summed E-state index contributed by atoms with van der Waals surface area (Å²) in [5.41, 5.74) is 1.57. The molecule has 152 valence electrons. The van der Waals surface area contributed by atoms with Gasteiger partial charge in [-0.15, -0.1) is 24.0 Å². The molecule has 1 saturated heterocycles. The van der Waals surface area contributed by atoms with Crippen molar-refractivity contribution < 1.29 is 8.42 Å². The van der Waals surface area contributed by atoms with Gasteiger partial charge in [-0.3, -0.25) is 4.99 Å². The molecule has 1 heterocycles. The maximum Gasteiger partial charge on any atom is 0.211 e. The Balaban J connectivity index is 0.00000338. The van der Waals surface area contributed by atoms with Gasteiger partial charge in [0.2, 0.25) is 10.0 Å². The van der Waals surface area contributed by atoms with Crippen LogP contribution in [-0.4, -0.2) is 57.7 Å². The van der Waals surface area contributed by atoms with E-state index in [0.717, 1.165) is 44.9 Å². The van der Waals surface area contributed by atoms with Crippen molar-refractivity contribution in [2.24, 2.45) is 10.9 Å². The molecule has 0 spiro atoms. The Morgan fingerprint density at radius 3 is 2.58 bits per heavy atom. The zero-order valence-corrected chi connectivity index (χ0v) is 19.3. The topological polar surface area (TPSA) is 73.8 Å². The average molecular weight is 498 g/mol. The third kappa shape index (κ3) is 8.56. The largest absolute Gasteiger partial charge is 0.357 e. The minimum absolute atomic E-state index is 0. The van der Waals surface area contributed by atoms with Crippen LogP contribution in [0.5, 0.6) is 0 Å². The van der Waals surface area contributed by atoms with Crippen molar-refractivity contribution in [3.8, 4) is 0 Å². The number of halogens is 1. The second kappa shape index (κ2) is 12.2. The second-order valence-corrected chi connectivity index (χ2v) is 9.09. The van der Waals surface area contributed by atoms with Gasteiger partial charge >= 0.3 is 0 Å². The van der Waals surface area contributed by atoms with E-state index in [0.29, 0.717) is 19.0 Å². The number of piperidine rings is 1. The molecule has 8 heteroatoms. The molecule has 0 unspecified atom stereocenters. The van der Waals surface area contributed by atoms with E-state index in [4.69, 9.17) is 4.99 Å². The lowest BCUT2D eigenvalue weighted by molar-refractivity contribution is 0.280. The number of allylic oxidation sites excluding steroid dienone is 1. The highest BCUT2D eigenvalue weighted by molar-refractivity contribution is 14.0. The monoisotopic (exact) mass is 498 g/mol. The predicted molar refractivity (Wildman–Crippen MR) is 120 cm³/mol. The van der Waals surface area contributed by atoms with E-state index in [1.54, 1.807) is 9.88 Å². The molecule has 0 amide bonds. The van der Waals surface area contributed by atoms with Crippen LogP contribution in [0.4, 0.5) is 0 Å². The van der Waals surface area contributed by atoms with E-state index in [1.807, 2.05) is 0 Å². The van der Waals surface area contributed by atoms with Crippen LogP contribution < -0.4 is 10.6 Å². The fourth-order valence-electron chi connectivity index (χ4n) is 3.46. The summed E-state index contributed by atoms with van der Waals surface area (Å²) in [6.07, 6.45) is 11.7. The first-order chi connectivity index (χ1) is 12.0. The molecule has 2 rings (SSSR count). The molecule has 0 aromatic rings. The smallest absolute Gasteiger partial charge is 0.211 e. The summed E-state index contributed by atoms with van der Waals surface area (Å²) in [4.78, 5) is 4.71. The first kappa shape index (κ1) is 23.7. The number of nitrogens with one attached hydrogen (secondary N) is 2. The van der Waals surface area contributed by atoms with Crippen LogP contribution >= 0.6 is 24.0 Å². The van der Waals surface area contributed by atoms with E-state index >= 15 is 0 Å². The Hall–Kier alpha value is -0.350. The van der Waals surface area contributed by atoms with Crippen molar-refractivity contribution in [2.75, 3.05) is 39.0 Å². The molecule has 0 radical (unpaired) electrons. The van der Waals surface area contributed by atoms with E-state index in [2.05, 4.69) is 23.6 Å². The quantitative estimate of drug-likeness (QED) is 0.245. The molecule has 0 aromatic carbocycles. The normalized spacial score (nSPS) is 20.2. The third-order valence-corrected chi connectivity index (χ3v) is 6.32. The standard InChI is InChI=1S/C18H34N4O2S.HI/c1-3-19-18(20-12-9-16-7-5-4-6-8-16)21-15-17-10-13-22(14-11-17)25(2,23)24;/h7,17H,3-6,8-15H2,1-2H3,(H2,19,20,21);1H. The molecule has 2 N–H and O–H groups in total. The van der Waals surface area contributed by atoms with Gasteiger partial charge in [0.05, 0.1) is 6.26 Å². The van der Waals surface area contributed by atoms with Crippen LogP contribution in [-0.2, 0) is 10.0 Å². The van der Waals surface area contributed by atoms with Crippen LogP contribution in [0.25, 0.3) is 0 Å². The Morgan fingerprint density at radius 1 is 1.27 bits per heavy atom. The van der Waals surface area contributed by atoms with Crippen molar-refractivity contribution in [3.63, 3.8) is 0 Å². The molecule has 0 bridgehead atoms. The number of hydrogen-bond donors (Lipinski definition) is 2. The molecule has 0 aromatic heterocycles. The minimum Gasteiger partial charge on any atom is -0.357 e.